The van der Waals surface area contributed by atoms with Gasteiger partial charge in [-0.1, -0.05) is 30.3 Å². The molecule has 2 rings (SSSR count). The van der Waals surface area contributed by atoms with E-state index in [-0.39, 0.29) is 31.3 Å². The van der Waals surface area contributed by atoms with Crippen molar-refractivity contribution in [3.05, 3.63) is 47.9 Å². The highest BCUT2D eigenvalue weighted by molar-refractivity contribution is 5.81. The summed E-state index contributed by atoms with van der Waals surface area (Å²) < 4.78 is 19.0. The van der Waals surface area contributed by atoms with Gasteiger partial charge in [-0.05, 0) is 5.56 Å². The molecule has 24 heavy (non-hydrogen) atoms. The number of aliphatic carboxylic acids is 1. The van der Waals surface area contributed by atoms with Crippen LogP contribution in [-0.2, 0) is 16.2 Å². The van der Waals surface area contributed by atoms with Crippen molar-refractivity contribution >= 4 is 17.7 Å². The standard InChI is InChI=1S/C15H15FN4O4/c16-11-8-17-15(24-9-10-4-2-1-3-5-10)18-14(11)20-19-12(21)6-7-13(22)23/h1-5,8H,6-7,9H2,(H,19,21)(H,22,23)(H,17,18,20). The lowest BCUT2D eigenvalue weighted by Crippen LogP contribution is -2.30. The van der Waals surface area contributed by atoms with Crippen molar-refractivity contribution in [3.63, 3.8) is 0 Å². The van der Waals surface area contributed by atoms with Gasteiger partial charge in [0.25, 0.3) is 0 Å². The number of hydrazine groups is 1. The molecule has 0 spiro atoms. The number of nitrogens with zero attached hydrogens (tertiary/aromatic N) is 2. The molecule has 0 bridgehead atoms. The normalized spacial score (nSPS) is 10.0. The van der Waals surface area contributed by atoms with Crippen LogP contribution in [0.15, 0.2) is 36.5 Å². The van der Waals surface area contributed by atoms with Gasteiger partial charge < -0.3 is 9.84 Å². The minimum atomic E-state index is -1.10. The van der Waals surface area contributed by atoms with E-state index in [0.29, 0.717) is 0 Å². The van der Waals surface area contributed by atoms with E-state index in [1.54, 1.807) is 0 Å². The Morgan fingerprint density at radius 2 is 1.96 bits per heavy atom. The fraction of sp³-hybridized carbons (Fsp3) is 0.200. The first kappa shape index (κ1) is 17.1. The first-order valence-electron chi connectivity index (χ1n) is 7.00. The molecule has 1 aromatic heterocycles. The predicted molar refractivity (Wildman–Crippen MR) is 81.4 cm³/mol. The predicted octanol–water partition coefficient (Wildman–Crippen LogP) is 1.50. The minimum Gasteiger partial charge on any atom is -0.481 e. The van der Waals surface area contributed by atoms with Crippen LogP contribution in [0.5, 0.6) is 6.01 Å². The van der Waals surface area contributed by atoms with Crippen molar-refractivity contribution < 1.29 is 23.8 Å². The van der Waals surface area contributed by atoms with Crippen molar-refractivity contribution in [3.8, 4) is 6.01 Å². The third-order valence-corrected chi connectivity index (χ3v) is 2.82. The van der Waals surface area contributed by atoms with E-state index in [0.717, 1.165) is 11.8 Å². The minimum absolute atomic E-state index is 0.0671. The summed E-state index contributed by atoms with van der Waals surface area (Å²) in [5, 5.41) is 8.48. The molecule has 1 amide bonds. The van der Waals surface area contributed by atoms with Crippen LogP contribution in [0.25, 0.3) is 0 Å². The van der Waals surface area contributed by atoms with Crippen molar-refractivity contribution in [2.24, 2.45) is 0 Å². The first-order chi connectivity index (χ1) is 11.5. The Balaban J connectivity index is 1.90. The molecule has 0 unspecified atom stereocenters. The van der Waals surface area contributed by atoms with Gasteiger partial charge in [0.05, 0.1) is 12.6 Å². The van der Waals surface area contributed by atoms with Crippen LogP contribution < -0.4 is 15.6 Å². The lowest BCUT2D eigenvalue weighted by molar-refractivity contribution is -0.138. The van der Waals surface area contributed by atoms with E-state index < -0.39 is 17.7 Å². The molecule has 0 aliphatic carbocycles. The van der Waals surface area contributed by atoms with Crippen LogP contribution in [0.3, 0.4) is 0 Å². The molecule has 0 aliphatic rings. The molecule has 0 aliphatic heterocycles. The van der Waals surface area contributed by atoms with Crippen LogP contribution in [0.1, 0.15) is 18.4 Å². The third-order valence-electron chi connectivity index (χ3n) is 2.82. The molecule has 9 heteroatoms. The average molecular weight is 334 g/mol. The van der Waals surface area contributed by atoms with Gasteiger partial charge in [0.15, 0.2) is 11.6 Å². The Kier molecular flexibility index (Phi) is 6.01. The van der Waals surface area contributed by atoms with Crippen LogP contribution in [-0.4, -0.2) is 27.0 Å². The van der Waals surface area contributed by atoms with Crippen molar-refractivity contribution in [1.29, 1.82) is 0 Å². The number of aromatic nitrogens is 2. The summed E-state index contributed by atoms with van der Waals surface area (Å²) in [7, 11) is 0. The van der Waals surface area contributed by atoms with E-state index in [1.165, 1.54) is 0 Å². The smallest absolute Gasteiger partial charge is 0.318 e. The number of hydrogen-bond acceptors (Lipinski definition) is 6. The van der Waals surface area contributed by atoms with Crippen molar-refractivity contribution in [1.82, 2.24) is 15.4 Å². The van der Waals surface area contributed by atoms with Gasteiger partial charge in [-0.2, -0.15) is 4.98 Å². The highest BCUT2D eigenvalue weighted by Gasteiger charge is 2.10. The van der Waals surface area contributed by atoms with Gasteiger partial charge in [0.2, 0.25) is 5.91 Å². The topological polar surface area (TPSA) is 113 Å². The first-order valence-corrected chi connectivity index (χ1v) is 7.00. The monoisotopic (exact) mass is 334 g/mol. The third kappa shape index (κ3) is 5.52. The molecule has 1 heterocycles. The van der Waals surface area contributed by atoms with Gasteiger partial charge in [0, 0.05) is 6.42 Å². The maximum absolute atomic E-state index is 13.6. The summed E-state index contributed by atoms with van der Waals surface area (Å²) in [6.07, 6.45) is 0.330. The molecule has 2 aromatic rings. The fourth-order valence-electron chi connectivity index (χ4n) is 1.64. The Bertz CT molecular complexity index is 712. The summed E-state index contributed by atoms with van der Waals surface area (Å²) in [6.45, 7) is 0.205. The van der Waals surface area contributed by atoms with Crippen molar-refractivity contribution in [2.45, 2.75) is 19.4 Å². The number of carbonyl (C=O) groups is 2. The molecule has 1 aromatic carbocycles. The molecule has 3 N–H and O–H groups in total. The van der Waals surface area contributed by atoms with Crippen molar-refractivity contribution in [2.75, 3.05) is 5.43 Å². The molecule has 0 fully saturated rings. The van der Waals surface area contributed by atoms with E-state index in [2.05, 4.69) is 20.8 Å². The fourth-order valence-corrected chi connectivity index (χ4v) is 1.64. The van der Waals surface area contributed by atoms with Gasteiger partial charge in [0.1, 0.15) is 6.61 Å². The van der Waals surface area contributed by atoms with E-state index in [4.69, 9.17) is 9.84 Å². The Morgan fingerprint density at radius 1 is 1.21 bits per heavy atom. The van der Waals surface area contributed by atoms with Gasteiger partial charge in [-0.3, -0.25) is 20.4 Å². The lowest BCUT2D eigenvalue weighted by Gasteiger charge is -2.09. The zero-order valence-corrected chi connectivity index (χ0v) is 12.5. The number of carbonyl (C=O) groups excluding carboxylic acids is 1. The summed E-state index contributed by atoms with van der Waals surface area (Å²) in [4.78, 5) is 29.3. The second-order valence-corrected chi connectivity index (χ2v) is 4.69. The summed E-state index contributed by atoms with van der Waals surface area (Å²) in [5.74, 6) is -2.78. The number of nitrogens with one attached hydrogen (secondary N) is 2. The molecule has 0 saturated carbocycles. The molecule has 0 saturated heterocycles. The molecular formula is C15H15FN4O4. The van der Waals surface area contributed by atoms with Gasteiger partial charge in [-0.25, -0.2) is 9.37 Å². The van der Waals surface area contributed by atoms with Crippen LogP contribution in [0.2, 0.25) is 0 Å². The molecule has 126 valence electrons. The summed E-state index contributed by atoms with van der Waals surface area (Å²) in [6, 6.07) is 9.21. The quantitative estimate of drug-likeness (QED) is 0.627. The Morgan fingerprint density at radius 3 is 2.67 bits per heavy atom. The number of benzene rings is 1. The summed E-state index contributed by atoms with van der Waals surface area (Å²) in [5.41, 5.74) is 5.33. The number of halogens is 1. The average Bonchev–Trinajstić information content (AvgIpc) is 2.59. The molecular weight excluding hydrogens is 319 g/mol. The van der Waals surface area contributed by atoms with E-state index in [9.17, 15) is 14.0 Å². The number of ether oxygens (including phenoxy) is 1. The van der Waals surface area contributed by atoms with Crippen LogP contribution in [0, 0.1) is 5.82 Å². The number of amides is 1. The SMILES string of the molecule is O=C(O)CCC(=O)NNc1nc(OCc2ccccc2)ncc1F. The second-order valence-electron chi connectivity index (χ2n) is 4.69. The molecule has 0 atom stereocenters. The zero-order valence-electron chi connectivity index (χ0n) is 12.5. The zero-order chi connectivity index (χ0) is 17.4. The van der Waals surface area contributed by atoms with Crippen LogP contribution >= 0.6 is 0 Å². The lowest BCUT2D eigenvalue weighted by atomic mass is 10.2. The summed E-state index contributed by atoms with van der Waals surface area (Å²) >= 11 is 0. The second kappa shape index (κ2) is 8.42. The van der Waals surface area contributed by atoms with E-state index in [1.807, 2.05) is 30.3 Å². The largest absolute Gasteiger partial charge is 0.481 e. The number of carboxylic acid groups (broad SMARTS) is 1. The number of anilines is 1. The van der Waals surface area contributed by atoms with Crippen LogP contribution in [0.4, 0.5) is 10.2 Å². The van der Waals surface area contributed by atoms with E-state index >= 15 is 0 Å². The highest BCUT2D eigenvalue weighted by atomic mass is 19.1. The Labute approximate surface area is 136 Å². The number of rotatable bonds is 8. The number of carboxylic acids is 1. The maximum Gasteiger partial charge on any atom is 0.318 e. The molecule has 8 nitrogen and oxygen atoms in total. The van der Waals surface area contributed by atoms with Gasteiger partial charge >= 0.3 is 12.0 Å². The Hall–Kier alpha value is -3.23. The molecule has 0 radical (unpaired) electrons. The van der Waals surface area contributed by atoms with Gasteiger partial charge in [-0.15, -0.1) is 0 Å². The maximum atomic E-state index is 13.6. The number of hydrogen-bond donors (Lipinski definition) is 3. The highest BCUT2D eigenvalue weighted by Crippen LogP contribution is 2.13.